The molecule has 1 aromatic heterocycles. The highest BCUT2D eigenvalue weighted by Gasteiger charge is 2.17. The first kappa shape index (κ1) is 12.3. The molecular weight excluding hydrogens is 230 g/mol. The lowest BCUT2D eigenvalue weighted by molar-refractivity contribution is -0.118. The van der Waals surface area contributed by atoms with Gasteiger partial charge in [-0.15, -0.1) is 6.58 Å². The molecule has 0 unspecified atom stereocenters. The Labute approximate surface area is 106 Å². The minimum absolute atomic E-state index is 0.676. The van der Waals surface area contributed by atoms with Crippen LogP contribution >= 0.6 is 0 Å². The number of rotatable bonds is 5. The van der Waals surface area contributed by atoms with E-state index in [1.54, 1.807) is 17.2 Å². The van der Waals surface area contributed by atoms with Gasteiger partial charge in [0.05, 0.1) is 0 Å². The summed E-state index contributed by atoms with van der Waals surface area (Å²) in [6.07, 6.45) is 4.41. The Kier molecular flexibility index (Phi) is 4.11. The number of carbonyl (C=O) groups is 1. The van der Waals surface area contributed by atoms with Crippen LogP contribution in [0.3, 0.4) is 0 Å². The van der Waals surface area contributed by atoms with E-state index in [1.807, 2.05) is 6.07 Å². The van der Waals surface area contributed by atoms with Crippen molar-refractivity contribution in [3.8, 4) is 0 Å². The van der Waals surface area contributed by atoms with Crippen LogP contribution in [0.25, 0.3) is 0 Å². The highest BCUT2D eigenvalue weighted by Crippen LogP contribution is 2.12. The SMILES string of the molecule is C=CCNc1ccnc(N2CCN(C=O)CC2)n1. The lowest BCUT2D eigenvalue weighted by Crippen LogP contribution is -2.46. The molecule has 2 heterocycles. The Morgan fingerprint density at radius 3 is 2.83 bits per heavy atom. The van der Waals surface area contributed by atoms with Crippen molar-refractivity contribution in [2.75, 3.05) is 42.9 Å². The van der Waals surface area contributed by atoms with Crippen LogP contribution in [-0.2, 0) is 4.79 Å². The molecule has 1 amide bonds. The minimum Gasteiger partial charge on any atom is -0.366 e. The van der Waals surface area contributed by atoms with Gasteiger partial charge in [0, 0.05) is 38.9 Å². The smallest absolute Gasteiger partial charge is 0.227 e. The predicted octanol–water partition coefficient (Wildman–Crippen LogP) is 0.353. The van der Waals surface area contributed by atoms with E-state index in [0.29, 0.717) is 12.5 Å². The maximum Gasteiger partial charge on any atom is 0.227 e. The number of hydrogen-bond donors (Lipinski definition) is 1. The molecule has 6 nitrogen and oxygen atoms in total. The standard InChI is InChI=1S/C12H17N5O/c1-2-4-13-11-3-5-14-12(15-11)17-8-6-16(10-18)7-9-17/h2-3,5,10H,1,4,6-9H2,(H,13,14,15). The van der Waals surface area contributed by atoms with E-state index in [2.05, 4.69) is 26.8 Å². The Balaban J connectivity index is 2.00. The van der Waals surface area contributed by atoms with Crippen molar-refractivity contribution in [2.24, 2.45) is 0 Å². The third kappa shape index (κ3) is 2.97. The maximum absolute atomic E-state index is 10.6. The van der Waals surface area contributed by atoms with E-state index in [1.165, 1.54) is 0 Å². The van der Waals surface area contributed by atoms with E-state index in [9.17, 15) is 4.79 Å². The van der Waals surface area contributed by atoms with Crippen molar-refractivity contribution in [3.05, 3.63) is 24.9 Å². The summed E-state index contributed by atoms with van der Waals surface area (Å²) in [6, 6.07) is 1.83. The van der Waals surface area contributed by atoms with Crippen LogP contribution in [0.4, 0.5) is 11.8 Å². The molecule has 0 saturated carbocycles. The summed E-state index contributed by atoms with van der Waals surface area (Å²) >= 11 is 0. The summed E-state index contributed by atoms with van der Waals surface area (Å²) in [7, 11) is 0. The molecule has 1 fully saturated rings. The fourth-order valence-electron chi connectivity index (χ4n) is 1.80. The van der Waals surface area contributed by atoms with Crippen LogP contribution in [0.1, 0.15) is 0 Å². The lowest BCUT2D eigenvalue weighted by Gasteiger charge is -2.32. The molecule has 1 aliphatic rings. The molecule has 1 saturated heterocycles. The van der Waals surface area contributed by atoms with Crippen LogP contribution in [0.5, 0.6) is 0 Å². The Bertz CT molecular complexity index is 415. The van der Waals surface area contributed by atoms with E-state index in [0.717, 1.165) is 38.4 Å². The number of aromatic nitrogens is 2. The molecule has 0 aliphatic carbocycles. The number of nitrogens with one attached hydrogen (secondary N) is 1. The number of amides is 1. The molecule has 0 spiro atoms. The first-order valence-electron chi connectivity index (χ1n) is 5.95. The zero-order chi connectivity index (χ0) is 12.8. The van der Waals surface area contributed by atoms with Crippen LogP contribution in [0, 0.1) is 0 Å². The quantitative estimate of drug-likeness (QED) is 0.601. The molecule has 1 N–H and O–H groups in total. The molecular formula is C12H17N5O. The zero-order valence-corrected chi connectivity index (χ0v) is 10.2. The number of carbonyl (C=O) groups excluding carboxylic acids is 1. The fourth-order valence-corrected chi connectivity index (χ4v) is 1.80. The van der Waals surface area contributed by atoms with Gasteiger partial charge in [0.1, 0.15) is 5.82 Å². The zero-order valence-electron chi connectivity index (χ0n) is 10.2. The molecule has 0 aromatic carbocycles. The number of piperazine rings is 1. The summed E-state index contributed by atoms with van der Waals surface area (Å²) in [6.45, 7) is 7.30. The van der Waals surface area contributed by atoms with Gasteiger partial charge in [0.2, 0.25) is 12.4 Å². The van der Waals surface area contributed by atoms with Crippen molar-refractivity contribution < 1.29 is 4.79 Å². The van der Waals surface area contributed by atoms with Crippen LogP contribution in [-0.4, -0.2) is 54.0 Å². The second kappa shape index (κ2) is 6.00. The molecule has 0 atom stereocenters. The Morgan fingerprint density at radius 1 is 1.39 bits per heavy atom. The van der Waals surface area contributed by atoms with Crippen LogP contribution in [0.15, 0.2) is 24.9 Å². The molecule has 0 radical (unpaired) electrons. The van der Waals surface area contributed by atoms with Gasteiger partial charge in [-0.25, -0.2) is 4.98 Å². The van der Waals surface area contributed by atoms with Gasteiger partial charge in [-0.1, -0.05) is 6.08 Å². The van der Waals surface area contributed by atoms with Gasteiger partial charge in [-0.3, -0.25) is 4.79 Å². The largest absolute Gasteiger partial charge is 0.366 e. The molecule has 18 heavy (non-hydrogen) atoms. The second-order valence-corrected chi connectivity index (χ2v) is 4.04. The fraction of sp³-hybridized carbons (Fsp3) is 0.417. The normalized spacial score (nSPS) is 15.3. The number of nitrogens with zero attached hydrogens (tertiary/aromatic N) is 4. The number of hydrogen-bond acceptors (Lipinski definition) is 5. The Hall–Kier alpha value is -2.11. The van der Waals surface area contributed by atoms with E-state index < -0.39 is 0 Å². The summed E-state index contributed by atoms with van der Waals surface area (Å²) < 4.78 is 0. The van der Waals surface area contributed by atoms with E-state index in [4.69, 9.17) is 0 Å². The second-order valence-electron chi connectivity index (χ2n) is 4.04. The van der Waals surface area contributed by atoms with E-state index in [-0.39, 0.29) is 0 Å². The maximum atomic E-state index is 10.6. The lowest BCUT2D eigenvalue weighted by atomic mass is 10.3. The van der Waals surface area contributed by atoms with Gasteiger partial charge in [0.15, 0.2) is 0 Å². The highest BCUT2D eigenvalue weighted by molar-refractivity contribution is 5.49. The van der Waals surface area contributed by atoms with Crippen LogP contribution in [0.2, 0.25) is 0 Å². The van der Waals surface area contributed by atoms with Crippen molar-refractivity contribution in [1.29, 1.82) is 0 Å². The molecule has 1 aromatic rings. The number of anilines is 2. The molecule has 96 valence electrons. The molecule has 1 aliphatic heterocycles. The van der Waals surface area contributed by atoms with Crippen molar-refractivity contribution in [3.63, 3.8) is 0 Å². The van der Waals surface area contributed by atoms with Crippen molar-refractivity contribution in [2.45, 2.75) is 0 Å². The first-order chi connectivity index (χ1) is 8.83. The molecule has 2 rings (SSSR count). The van der Waals surface area contributed by atoms with Crippen molar-refractivity contribution >= 4 is 18.2 Å². The predicted molar refractivity (Wildman–Crippen MR) is 70.6 cm³/mol. The third-order valence-corrected chi connectivity index (χ3v) is 2.82. The van der Waals surface area contributed by atoms with Gasteiger partial charge >= 0.3 is 0 Å². The Morgan fingerprint density at radius 2 is 2.17 bits per heavy atom. The first-order valence-corrected chi connectivity index (χ1v) is 5.95. The monoisotopic (exact) mass is 247 g/mol. The van der Waals surface area contributed by atoms with Gasteiger partial charge < -0.3 is 15.1 Å². The van der Waals surface area contributed by atoms with Gasteiger partial charge in [-0.05, 0) is 6.07 Å². The highest BCUT2D eigenvalue weighted by atomic mass is 16.1. The topological polar surface area (TPSA) is 61.4 Å². The van der Waals surface area contributed by atoms with E-state index >= 15 is 0 Å². The van der Waals surface area contributed by atoms with Gasteiger partial charge in [-0.2, -0.15) is 4.98 Å². The van der Waals surface area contributed by atoms with Crippen molar-refractivity contribution in [1.82, 2.24) is 14.9 Å². The summed E-state index contributed by atoms with van der Waals surface area (Å²) in [5.74, 6) is 1.49. The molecule has 6 heteroatoms. The minimum atomic E-state index is 0.676. The summed E-state index contributed by atoms with van der Waals surface area (Å²) in [5, 5.41) is 3.13. The van der Waals surface area contributed by atoms with Gasteiger partial charge in [0.25, 0.3) is 0 Å². The average Bonchev–Trinajstić information content (AvgIpc) is 2.45. The average molecular weight is 247 g/mol. The van der Waals surface area contributed by atoms with Crippen LogP contribution < -0.4 is 10.2 Å². The third-order valence-electron chi connectivity index (χ3n) is 2.82. The molecule has 0 bridgehead atoms. The summed E-state index contributed by atoms with van der Waals surface area (Å²) in [5.41, 5.74) is 0. The summed E-state index contributed by atoms with van der Waals surface area (Å²) in [4.78, 5) is 23.2.